The SMILES string of the molecule is CCCCCCn1c(-c2cccc(CC(=O)Nc3cccc4ncccc34)c2)nc2cc(C(=O)O)ccc21. The zero-order valence-corrected chi connectivity index (χ0v) is 21.4. The van der Waals surface area contributed by atoms with E-state index >= 15 is 0 Å². The predicted molar refractivity (Wildman–Crippen MR) is 150 cm³/mol. The van der Waals surface area contributed by atoms with Crippen molar-refractivity contribution in [1.82, 2.24) is 14.5 Å². The minimum Gasteiger partial charge on any atom is -0.478 e. The molecule has 5 rings (SSSR count). The first-order valence-corrected chi connectivity index (χ1v) is 13.0. The summed E-state index contributed by atoms with van der Waals surface area (Å²) in [5.41, 5.74) is 5.12. The summed E-state index contributed by atoms with van der Waals surface area (Å²) in [5.74, 6) is -0.306. The molecule has 0 radical (unpaired) electrons. The quantitative estimate of drug-likeness (QED) is 0.205. The molecule has 0 saturated carbocycles. The summed E-state index contributed by atoms with van der Waals surface area (Å²) in [6.07, 6.45) is 6.40. The van der Waals surface area contributed by atoms with Gasteiger partial charge in [0.15, 0.2) is 0 Å². The van der Waals surface area contributed by atoms with Crippen molar-refractivity contribution in [2.24, 2.45) is 0 Å². The lowest BCUT2D eigenvalue weighted by molar-refractivity contribution is -0.115. The summed E-state index contributed by atoms with van der Waals surface area (Å²) in [6.45, 7) is 2.97. The van der Waals surface area contributed by atoms with Gasteiger partial charge in [-0.05, 0) is 60.5 Å². The second-order valence-corrected chi connectivity index (χ2v) is 9.46. The molecule has 0 saturated heterocycles. The number of rotatable bonds is 10. The van der Waals surface area contributed by atoms with E-state index in [0.717, 1.165) is 64.9 Å². The molecule has 0 bridgehead atoms. The molecule has 0 spiro atoms. The summed E-state index contributed by atoms with van der Waals surface area (Å²) in [6, 6.07) is 22.4. The van der Waals surface area contributed by atoms with E-state index in [0.29, 0.717) is 5.52 Å². The summed E-state index contributed by atoms with van der Waals surface area (Å²) < 4.78 is 2.17. The monoisotopic (exact) mass is 506 g/mol. The largest absolute Gasteiger partial charge is 0.478 e. The standard InChI is InChI=1S/C31H30N4O3/c1-2-3-4-5-17-35-28-15-14-23(31(37)38)20-27(28)34-30(35)22-10-6-9-21(18-22)19-29(36)33-26-13-7-12-25-24(26)11-8-16-32-25/h6-16,18,20H,2-5,17,19H2,1H3,(H,33,36)(H,37,38). The Bertz CT molecular complexity index is 1620. The molecular formula is C31H30N4O3. The van der Waals surface area contributed by atoms with Crippen LogP contribution in [0.3, 0.4) is 0 Å². The van der Waals surface area contributed by atoms with Gasteiger partial charge in [0.25, 0.3) is 0 Å². The molecule has 0 aliphatic rings. The maximum atomic E-state index is 13.0. The van der Waals surface area contributed by atoms with Crippen LogP contribution in [0.15, 0.2) is 79.0 Å². The van der Waals surface area contributed by atoms with Crippen molar-refractivity contribution in [3.05, 3.63) is 90.1 Å². The molecule has 1 amide bonds. The molecule has 2 aromatic heterocycles. The molecule has 7 heteroatoms. The molecule has 7 nitrogen and oxygen atoms in total. The van der Waals surface area contributed by atoms with Gasteiger partial charge in [0.2, 0.25) is 5.91 Å². The second kappa shape index (κ2) is 11.3. The van der Waals surface area contributed by atoms with Gasteiger partial charge in [0.05, 0.1) is 34.2 Å². The van der Waals surface area contributed by atoms with Gasteiger partial charge < -0.3 is 15.0 Å². The number of benzene rings is 3. The third kappa shape index (κ3) is 5.42. The number of aromatic carboxylic acids is 1. The number of amides is 1. The van der Waals surface area contributed by atoms with Crippen molar-refractivity contribution in [2.75, 3.05) is 5.32 Å². The topological polar surface area (TPSA) is 97.1 Å². The van der Waals surface area contributed by atoms with E-state index < -0.39 is 5.97 Å². The molecule has 0 aliphatic carbocycles. The Hall–Kier alpha value is -4.52. The third-order valence-corrected chi connectivity index (χ3v) is 6.70. The van der Waals surface area contributed by atoms with Crippen molar-refractivity contribution in [3.63, 3.8) is 0 Å². The third-order valence-electron chi connectivity index (χ3n) is 6.70. The fraction of sp³-hybridized carbons (Fsp3) is 0.226. The van der Waals surface area contributed by atoms with Gasteiger partial charge >= 0.3 is 5.97 Å². The fourth-order valence-corrected chi connectivity index (χ4v) is 4.82. The summed E-state index contributed by atoms with van der Waals surface area (Å²) in [5, 5.41) is 13.4. The number of carboxylic acids is 1. The highest BCUT2D eigenvalue weighted by Crippen LogP contribution is 2.28. The van der Waals surface area contributed by atoms with Crippen LogP contribution < -0.4 is 5.32 Å². The number of carboxylic acid groups (broad SMARTS) is 1. The van der Waals surface area contributed by atoms with Crippen molar-refractivity contribution in [3.8, 4) is 11.4 Å². The fourth-order valence-electron chi connectivity index (χ4n) is 4.82. The lowest BCUT2D eigenvalue weighted by atomic mass is 10.1. The Kier molecular flexibility index (Phi) is 7.45. The van der Waals surface area contributed by atoms with Gasteiger partial charge in [-0.25, -0.2) is 9.78 Å². The summed E-state index contributed by atoms with van der Waals surface area (Å²) >= 11 is 0. The van der Waals surface area contributed by atoms with E-state index in [1.165, 1.54) is 6.42 Å². The van der Waals surface area contributed by atoms with Crippen LogP contribution in [0.4, 0.5) is 5.69 Å². The van der Waals surface area contributed by atoms with E-state index in [-0.39, 0.29) is 17.9 Å². The highest BCUT2D eigenvalue weighted by Gasteiger charge is 2.16. The Morgan fingerprint density at radius 1 is 0.921 bits per heavy atom. The van der Waals surface area contributed by atoms with Crippen LogP contribution in [0.1, 0.15) is 48.5 Å². The van der Waals surface area contributed by atoms with E-state index in [9.17, 15) is 14.7 Å². The number of hydrogen-bond donors (Lipinski definition) is 2. The van der Waals surface area contributed by atoms with Crippen LogP contribution in [0.5, 0.6) is 0 Å². The number of carbonyl (C=O) groups is 2. The van der Waals surface area contributed by atoms with E-state index in [1.54, 1.807) is 18.3 Å². The summed E-state index contributed by atoms with van der Waals surface area (Å²) in [4.78, 5) is 33.7. The van der Waals surface area contributed by atoms with Crippen LogP contribution in [-0.2, 0) is 17.8 Å². The molecule has 0 aliphatic heterocycles. The second-order valence-electron chi connectivity index (χ2n) is 9.46. The molecule has 2 N–H and O–H groups in total. The minimum atomic E-state index is -0.971. The number of nitrogens with one attached hydrogen (secondary N) is 1. The van der Waals surface area contributed by atoms with Gasteiger partial charge in [0, 0.05) is 23.7 Å². The number of pyridine rings is 1. The molecule has 2 heterocycles. The minimum absolute atomic E-state index is 0.113. The maximum Gasteiger partial charge on any atom is 0.335 e. The number of anilines is 1. The van der Waals surface area contributed by atoms with E-state index in [2.05, 4.69) is 21.8 Å². The van der Waals surface area contributed by atoms with E-state index in [1.807, 2.05) is 60.7 Å². The number of unbranched alkanes of at least 4 members (excludes halogenated alkanes) is 3. The first-order valence-electron chi connectivity index (χ1n) is 13.0. The number of fused-ring (bicyclic) bond motifs is 2. The maximum absolute atomic E-state index is 13.0. The lowest BCUT2D eigenvalue weighted by Crippen LogP contribution is -2.14. The molecule has 0 unspecified atom stereocenters. The average Bonchev–Trinajstić information content (AvgIpc) is 3.29. The average molecular weight is 507 g/mol. The molecule has 3 aromatic carbocycles. The van der Waals surface area contributed by atoms with Gasteiger partial charge in [-0.2, -0.15) is 0 Å². The number of hydrogen-bond acceptors (Lipinski definition) is 4. The van der Waals surface area contributed by atoms with Crippen molar-refractivity contribution >= 4 is 39.5 Å². The normalized spacial score (nSPS) is 11.2. The van der Waals surface area contributed by atoms with Gasteiger partial charge in [-0.15, -0.1) is 0 Å². The Labute approximate surface area is 221 Å². The Morgan fingerprint density at radius 2 is 1.79 bits per heavy atom. The van der Waals surface area contributed by atoms with Gasteiger partial charge in [-0.1, -0.05) is 50.5 Å². The number of aromatic nitrogens is 3. The zero-order valence-electron chi connectivity index (χ0n) is 21.4. The van der Waals surface area contributed by atoms with Crippen molar-refractivity contribution in [2.45, 2.75) is 45.6 Å². The zero-order chi connectivity index (χ0) is 26.5. The van der Waals surface area contributed by atoms with E-state index in [4.69, 9.17) is 4.98 Å². The lowest BCUT2D eigenvalue weighted by Gasteiger charge is -2.11. The number of aryl methyl sites for hydroxylation is 1. The molecular weight excluding hydrogens is 476 g/mol. The number of nitrogens with zero attached hydrogens (tertiary/aromatic N) is 3. The van der Waals surface area contributed by atoms with Crippen LogP contribution in [-0.4, -0.2) is 31.5 Å². The molecule has 0 atom stereocenters. The first-order chi connectivity index (χ1) is 18.5. The highest BCUT2D eigenvalue weighted by molar-refractivity contribution is 6.01. The highest BCUT2D eigenvalue weighted by atomic mass is 16.4. The molecule has 5 aromatic rings. The van der Waals surface area contributed by atoms with Crippen LogP contribution in [0, 0.1) is 0 Å². The van der Waals surface area contributed by atoms with Gasteiger partial charge in [-0.3, -0.25) is 9.78 Å². The van der Waals surface area contributed by atoms with Crippen molar-refractivity contribution in [1.29, 1.82) is 0 Å². The first kappa shape index (κ1) is 25.1. The molecule has 0 fully saturated rings. The van der Waals surface area contributed by atoms with Crippen LogP contribution >= 0.6 is 0 Å². The van der Waals surface area contributed by atoms with Crippen LogP contribution in [0.25, 0.3) is 33.3 Å². The van der Waals surface area contributed by atoms with Gasteiger partial charge in [0.1, 0.15) is 5.82 Å². The Morgan fingerprint density at radius 3 is 2.63 bits per heavy atom. The van der Waals surface area contributed by atoms with Crippen LogP contribution in [0.2, 0.25) is 0 Å². The smallest absolute Gasteiger partial charge is 0.335 e. The molecule has 192 valence electrons. The summed E-state index contributed by atoms with van der Waals surface area (Å²) in [7, 11) is 0. The number of carbonyl (C=O) groups excluding carboxylic acids is 1. The molecule has 38 heavy (non-hydrogen) atoms. The Balaban J connectivity index is 1.42. The van der Waals surface area contributed by atoms with Crippen molar-refractivity contribution < 1.29 is 14.7 Å². The predicted octanol–water partition coefficient (Wildman–Crippen LogP) is 6.71. The number of imidazole rings is 1.